The highest BCUT2D eigenvalue weighted by atomic mass is 16.4. The first kappa shape index (κ1) is 45.1. The lowest BCUT2D eigenvalue weighted by Crippen LogP contribution is -2.56. The van der Waals surface area contributed by atoms with Crippen molar-refractivity contribution in [1.82, 2.24) is 0 Å². The largest absolute Gasteiger partial charge is 0.396 e. The van der Waals surface area contributed by atoms with Crippen LogP contribution in [0, 0.1) is 0 Å². The Kier molecular flexibility index (Phi) is 13.9. The topological polar surface area (TPSA) is 162 Å². The number of benzene rings is 8. The van der Waals surface area contributed by atoms with E-state index in [1.165, 1.54) is 0 Å². The van der Waals surface area contributed by atoms with Crippen LogP contribution < -0.4 is 0 Å². The van der Waals surface area contributed by atoms with Crippen molar-refractivity contribution in [1.29, 1.82) is 0 Å². The van der Waals surface area contributed by atoms with Crippen LogP contribution in [0.5, 0.6) is 0 Å². The third kappa shape index (κ3) is 9.07. The van der Waals surface area contributed by atoms with Crippen molar-refractivity contribution in [2.24, 2.45) is 0 Å². The maximum absolute atomic E-state index is 13.4. The van der Waals surface area contributed by atoms with Crippen LogP contribution in [-0.4, -0.2) is 79.5 Å². The molecule has 0 aliphatic carbocycles. The monoisotopic (exact) mass is 858 g/mol. The van der Waals surface area contributed by atoms with E-state index in [0.717, 1.165) is 65.3 Å². The second kappa shape index (κ2) is 19.7. The fourth-order valence-corrected chi connectivity index (χ4v) is 9.36. The number of aryl methyl sites for hydroxylation is 4. The summed E-state index contributed by atoms with van der Waals surface area (Å²) in [5.74, 6) is 0. The van der Waals surface area contributed by atoms with Crippen molar-refractivity contribution in [3.63, 3.8) is 0 Å². The molecule has 0 spiro atoms. The zero-order valence-corrected chi connectivity index (χ0v) is 36.1. The van der Waals surface area contributed by atoms with E-state index in [4.69, 9.17) is 0 Å². The van der Waals surface area contributed by atoms with Crippen molar-refractivity contribution in [3.05, 3.63) is 190 Å². The minimum Gasteiger partial charge on any atom is -0.396 e. The smallest absolute Gasteiger partial charge is 0.143 e. The minimum atomic E-state index is -2.27. The van der Waals surface area contributed by atoms with Crippen LogP contribution in [0.1, 0.15) is 70.2 Å². The van der Waals surface area contributed by atoms with Crippen LogP contribution in [0.15, 0.2) is 146 Å². The summed E-state index contributed by atoms with van der Waals surface area (Å²) in [7, 11) is 0. The SMILES string of the molecule is OCCCc1ccc2cc(C(O)(c3ccc4cc(CCCO)ccc4c3)C(O)C(O)C(O)(c3ccc4cc(CCCO)ccc4c3)c3ccc4cc(CCCO)ccc4c3)ccc2c1. The quantitative estimate of drug-likeness (QED) is 0.0408. The molecule has 0 amide bonds. The van der Waals surface area contributed by atoms with E-state index in [0.29, 0.717) is 73.6 Å². The highest BCUT2D eigenvalue weighted by molar-refractivity contribution is 5.88. The van der Waals surface area contributed by atoms with Gasteiger partial charge in [0.15, 0.2) is 0 Å². The first-order chi connectivity index (χ1) is 31.1. The molecule has 0 fully saturated rings. The molecule has 0 aliphatic heterocycles. The zero-order valence-electron chi connectivity index (χ0n) is 36.1. The predicted molar refractivity (Wildman–Crippen MR) is 255 cm³/mol. The van der Waals surface area contributed by atoms with E-state index in [1.54, 1.807) is 24.3 Å². The van der Waals surface area contributed by atoms with Crippen LogP contribution in [0.4, 0.5) is 0 Å². The van der Waals surface area contributed by atoms with Crippen molar-refractivity contribution >= 4 is 43.1 Å². The van der Waals surface area contributed by atoms with Gasteiger partial charge in [0.2, 0.25) is 0 Å². The Morgan fingerprint density at radius 1 is 0.297 bits per heavy atom. The number of hydrogen-bond acceptors (Lipinski definition) is 8. The molecule has 8 rings (SSSR count). The molecule has 0 aliphatic rings. The lowest BCUT2D eigenvalue weighted by atomic mass is 9.71. The first-order valence-corrected chi connectivity index (χ1v) is 22.5. The van der Waals surface area contributed by atoms with E-state index in [-0.39, 0.29) is 26.4 Å². The average Bonchev–Trinajstić information content (AvgIpc) is 3.34. The third-order valence-electron chi connectivity index (χ3n) is 13.0. The van der Waals surface area contributed by atoms with Crippen molar-refractivity contribution < 1.29 is 40.9 Å². The minimum absolute atomic E-state index is 0.0867. The number of aliphatic hydroxyl groups excluding tert-OH is 6. The molecule has 2 atom stereocenters. The molecule has 8 aromatic rings. The van der Waals surface area contributed by atoms with Crippen LogP contribution in [-0.2, 0) is 36.9 Å². The molecule has 330 valence electrons. The van der Waals surface area contributed by atoms with Gasteiger partial charge >= 0.3 is 0 Å². The summed E-state index contributed by atoms with van der Waals surface area (Å²) in [5.41, 5.74) is 0.987. The van der Waals surface area contributed by atoms with Gasteiger partial charge in [-0.05, 0) is 163 Å². The molecule has 0 bridgehead atoms. The lowest BCUT2D eigenvalue weighted by Gasteiger charge is -2.43. The zero-order chi connectivity index (χ0) is 44.8. The maximum Gasteiger partial charge on any atom is 0.143 e. The van der Waals surface area contributed by atoms with Crippen molar-refractivity contribution in [2.75, 3.05) is 26.4 Å². The summed E-state index contributed by atoms with van der Waals surface area (Å²) in [6.45, 7) is 0.347. The summed E-state index contributed by atoms with van der Waals surface area (Å²) >= 11 is 0. The Hall–Kier alpha value is -5.52. The highest BCUT2D eigenvalue weighted by Crippen LogP contribution is 2.44. The van der Waals surface area contributed by atoms with E-state index in [2.05, 4.69) is 0 Å². The van der Waals surface area contributed by atoms with Gasteiger partial charge in [-0.3, -0.25) is 0 Å². The molecule has 0 radical (unpaired) electrons. The Morgan fingerprint density at radius 3 is 0.719 bits per heavy atom. The molecule has 0 saturated carbocycles. The Bertz CT molecular complexity index is 2510. The molecular formula is C56H58O8. The van der Waals surface area contributed by atoms with Gasteiger partial charge < -0.3 is 40.9 Å². The Labute approximate surface area is 374 Å². The van der Waals surface area contributed by atoms with Crippen LogP contribution in [0.3, 0.4) is 0 Å². The summed E-state index contributed by atoms with van der Waals surface area (Å²) in [6, 6.07) is 45.8. The van der Waals surface area contributed by atoms with E-state index >= 15 is 0 Å². The maximum atomic E-state index is 13.4. The Morgan fingerprint density at radius 2 is 0.500 bits per heavy atom. The van der Waals surface area contributed by atoms with Crippen molar-refractivity contribution in [3.8, 4) is 0 Å². The van der Waals surface area contributed by atoms with Gasteiger partial charge in [-0.25, -0.2) is 0 Å². The summed E-state index contributed by atoms with van der Waals surface area (Å²) in [5, 5.41) is 97.4. The molecule has 64 heavy (non-hydrogen) atoms. The second-order valence-corrected chi connectivity index (χ2v) is 17.3. The molecular weight excluding hydrogens is 801 g/mol. The molecule has 8 nitrogen and oxygen atoms in total. The summed E-state index contributed by atoms with van der Waals surface area (Å²) in [4.78, 5) is 0. The third-order valence-corrected chi connectivity index (χ3v) is 13.0. The lowest BCUT2D eigenvalue weighted by molar-refractivity contribution is -0.166. The predicted octanol–water partition coefficient (Wildman–Crippen LogP) is 7.89. The van der Waals surface area contributed by atoms with Gasteiger partial charge in [0.25, 0.3) is 0 Å². The van der Waals surface area contributed by atoms with Crippen LogP contribution in [0.25, 0.3) is 43.1 Å². The van der Waals surface area contributed by atoms with E-state index in [9.17, 15) is 40.9 Å². The summed E-state index contributed by atoms with van der Waals surface area (Å²) in [6.07, 6.45) is 1.35. The van der Waals surface area contributed by atoms with Crippen molar-refractivity contribution in [2.45, 2.75) is 74.8 Å². The fourth-order valence-electron chi connectivity index (χ4n) is 9.36. The van der Waals surface area contributed by atoms with Gasteiger partial charge in [-0.1, -0.05) is 121 Å². The van der Waals surface area contributed by atoms with Gasteiger partial charge in [0.1, 0.15) is 23.4 Å². The molecule has 8 aromatic carbocycles. The highest BCUT2D eigenvalue weighted by Gasteiger charge is 2.52. The standard InChI is InChI=1S/C56H58O8/c57-25-1-5-37-9-13-45-33-49(21-17-41(45)29-37)55(63,50-22-18-42-30-38(6-2-26-58)10-14-46(42)34-50)53(61)54(62)56(64,51-23-19-43-31-39(7-3-27-59)11-15-47(43)35-51)52-24-20-44-32-40(8-4-28-60)12-16-48(44)36-52/h9-24,29-36,53-54,57-64H,1-8,25-28H2. The Balaban J connectivity index is 1.29. The van der Waals surface area contributed by atoms with Gasteiger partial charge in [-0.2, -0.15) is 0 Å². The number of fused-ring (bicyclic) bond motifs is 4. The molecule has 0 aromatic heterocycles. The molecule has 0 saturated heterocycles. The second-order valence-electron chi connectivity index (χ2n) is 17.3. The molecule has 2 unspecified atom stereocenters. The number of hydrogen-bond donors (Lipinski definition) is 8. The molecule has 0 heterocycles. The average molecular weight is 859 g/mol. The number of aliphatic hydroxyl groups is 8. The first-order valence-electron chi connectivity index (χ1n) is 22.5. The molecule has 8 N–H and O–H groups in total. The number of rotatable bonds is 19. The van der Waals surface area contributed by atoms with Crippen LogP contribution in [0.2, 0.25) is 0 Å². The van der Waals surface area contributed by atoms with E-state index in [1.807, 2.05) is 121 Å². The van der Waals surface area contributed by atoms with Gasteiger partial charge in [0.05, 0.1) is 0 Å². The van der Waals surface area contributed by atoms with Gasteiger partial charge in [-0.15, -0.1) is 0 Å². The summed E-state index contributed by atoms with van der Waals surface area (Å²) < 4.78 is 0. The van der Waals surface area contributed by atoms with Gasteiger partial charge in [0, 0.05) is 26.4 Å². The van der Waals surface area contributed by atoms with Crippen LogP contribution >= 0.6 is 0 Å². The fraction of sp³-hybridized carbons (Fsp3) is 0.286. The van der Waals surface area contributed by atoms with E-state index < -0.39 is 23.4 Å². The molecule has 8 heteroatoms. The normalized spacial score (nSPS) is 13.3.